The quantitative estimate of drug-likeness (QED) is 0.828. The minimum absolute atomic E-state index is 0.156. The van der Waals surface area contributed by atoms with Crippen LogP contribution in [-0.4, -0.2) is 29.8 Å². The standard InChI is InChI=1S/C17H16ClF3N2O2S/c18-14-11-2-1-10(17(19,20)21)8-12(11)26-15(14)16(25)23-5-3-9(4-6-23)7-13(22)24/h1-2,8-9H,3-7H2,(H2,22,24). The van der Waals surface area contributed by atoms with Crippen molar-refractivity contribution < 1.29 is 22.8 Å². The molecule has 1 aromatic carbocycles. The van der Waals surface area contributed by atoms with E-state index in [0.29, 0.717) is 42.4 Å². The maximum absolute atomic E-state index is 12.9. The van der Waals surface area contributed by atoms with Gasteiger partial charge < -0.3 is 10.6 Å². The Morgan fingerprint density at radius 1 is 1.27 bits per heavy atom. The number of likely N-dealkylation sites (tertiary alicyclic amines) is 1. The summed E-state index contributed by atoms with van der Waals surface area (Å²) in [6.07, 6.45) is -2.83. The second-order valence-electron chi connectivity index (χ2n) is 6.36. The molecule has 0 radical (unpaired) electrons. The van der Waals surface area contributed by atoms with Gasteiger partial charge in [-0.1, -0.05) is 17.7 Å². The number of nitrogens with two attached hydrogens (primary N) is 1. The highest BCUT2D eigenvalue weighted by Crippen LogP contribution is 2.40. The Morgan fingerprint density at radius 3 is 2.50 bits per heavy atom. The van der Waals surface area contributed by atoms with Crippen LogP contribution < -0.4 is 5.73 Å². The largest absolute Gasteiger partial charge is 0.416 e. The molecule has 0 saturated carbocycles. The van der Waals surface area contributed by atoms with Crippen LogP contribution in [0.25, 0.3) is 10.1 Å². The second kappa shape index (κ2) is 7.08. The van der Waals surface area contributed by atoms with Gasteiger partial charge >= 0.3 is 6.18 Å². The van der Waals surface area contributed by atoms with Gasteiger partial charge in [-0.25, -0.2) is 0 Å². The smallest absolute Gasteiger partial charge is 0.370 e. The van der Waals surface area contributed by atoms with Gasteiger partial charge in [0.25, 0.3) is 5.91 Å². The van der Waals surface area contributed by atoms with Crippen molar-refractivity contribution in [2.24, 2.45) is 11.7 Å². The molecule has 0 bridgehead atoms. The molecular formula is C17H16ClF3N2O2S. The van der Waals surface area contributed by atoms with Crippen molar-refractivity contribution in [3.05, 3.63) is 33.7 Å². The number of benzene rings is 1. The molecule has 2 heterocycles. The molecule has 1 aliphatic heterocycles. The van der Waals surface area contributed by atoms with Crippen molar-refractivity contribution in [2.45, 2.75) is 25.4 Å². The molecule has 0 spiro atoms. The molecule has 140 valence electrons. The summed E-state index contributed by atoms with van der Waals surface area (Å²) in [5.41, 5.74) is 4.43. The first-order chi connectivity index (χ1) is 12.2. The highest BCUT2D eigenvalue weighted by Gasteiger charge is 2.32. The fourth-order valence-corrected chi connectivity index (χ4v) is 4.67. The molecule has 2 amide bonds. The van der Waals surface area contributed by atoms with Crippen LogP contribution in [0.4, 0.5) is 13.2 Å². The summed E-state index contributed by atoms with van der Waals surface area (Å²) in [5, 5.41) is 0.625. The zero-order valence-corrected chi connectivity index (χ0v) is 15.2. The maximum atomic E-state index is 12.9. The molecule has 2 aromatic rings. The number of carbonyl (C=O) groups is 2. The first-order valence-electron chi connectivity index (χ1n) is 8.03. The number of carbonyl (C=O) groups excluding carboxylic acids is 2. The molecular weight excluding hydrogens is 389 g/mol. The Labute approximate surface area is 156 Å². The lowest BCUT2D eigenvalue weighted by molar-refractivity contribution is -0.137. The van der Waals surface area contributed by atoms with Crippen LogP contribution in [-0.2, 0) is 11.0 Å². The van der Waals surface area contributed by atoms with Crippen LogP contribution in [0, 0.1) is 5.92 Å². The number of primary amides is 1. The predicted octanol–water partition coefficient (Wildman–Crippen LogP) is 4.30. The van der Waals surface area contributed by atoms with Gasteiger partial charge in [0, 0.05) is 29.6 Å². The van der Waals surface area contributed by atoms with Crippen molar-refractivity contribution in [3.8, 4) is 0 Å². The molecule has 1 aromatic heterocycles. The van der Waals surface area contributed by atoms with E-state index in [9.17, 15) is 22.8 Å². The molecule has 9 heteroatoms. The minimum Gasteiger partial charge on any atom is -0.370 e. The Balaban J connectivity index is 1.81. The number of amides is 2. The third kappa shape index (κ3) is 3.81. The number of fused-ring (bicyclic) bond motifs is 1. The summed E-state index contributed by atoms with van der Waals surface area (Å²) in [4.78, 5) is 25.6. The number of thiophene rings is 1. The minimum atomic E-state index is -4.45. The van der Waals surface area contributed by atoms with E-state index in [1.807, 2.05) is 0 Å². The van der Waals surface area contributed by atoms with E-state index < -0.39 is 11.7 Å². The van der Waals surface area contributed by atoms with Crippen LogP contribution in [0.5, 0.6) is 0 Å². The van der Waals surface area contributed by atoms with E-state index in [1.165, 1.54) is 6.07 Å². The number of piperidine rings is 1. The molecule has 1 aliphatic rings. The summed E-state index contributed by atoms with van der Waals surface area (Å²) < 4.78 is 38.9. The van der Waals surface area contributed by atoms with Crippen molar-refractivity contribution in [2.75, 3.05) is 13.1 Å². The molecule has 1 saturated heterocycles. The van der Waals surface area contributed by atoms with Gasteiger partial charge in [-0.2, -0.15) is 13.2 Å². The lowest BCUT2D eigenvalue weighted by Crippen LogP contribution is -2.39. The molecule has 2 N–H and O–H groups in total. The average Bonchev–Trinajstić information content (AvgIpc) is 2.90. The van der Waals surface area contributed by atoms with Crippen molar-refractivity contribution in [1.29, 1.82) is 0 Å². The Kier molecular flexibility index (Phi) is 5.16. The molecule has 0 atom stereocenters. The highest BCUT2D eigenvalue weighted by atomic mass is 35.5. The molecule has 1 fully saturated rings. The van der Waals surface area contributed by atoms with E-state index in [-0.39, 0.29) is 27.6 Å². The first-order valence-corrected chi connectivity index (χ1v) is 9.23. The Bertz CT molecular complexity index is 858. The second-order valence-corrected chi connectivity index (χ2v) is 7.79. The van der Waals surface area contributed by atoms with Crippen molar-refractivity contribution in [1.82, 2.24) is 4.90 Å². The number of hydrogen-bond acceptors (Lipinski definition) is 3. The van der Waals surface area contributed by atoms with E-state index in [1.54, 1.807) is 4.90 Å². The lowest BCUT2D eigenvalue weighted by Gasteiger charge is -2.31. The molecule has 0 unspecified atom stereocenters. The fourth-order valence-electron chi connectivity index (χ4n) is 3.15. The zero-order chi connectivity index (χ0) is 19.1. The van der Waals surface area contributed by atoms with Crippen molar-refractivity contribution in [3.63, 3.8) is 0 Å². The number of halogens is 4. The van der Waals surface area contributed by atoms with Gasteiger partial charge in [-0.15, -0.1) is 11.3 Å². The number of alkyl halides is 3. The van der Waals surface area contributed by atoms with E-state index >= 15 is 0 Å². The maximum Gasteiger partial charge on any atom is 0.416 e. The van der Waals surface area contributed by atoms with Crippen LogP contribution in [0.2, 0.25) is 5.02 Å². The van der Waals surface area contributed by atoms with Gasteiger partial charge in [0.1, 0.15) is 4.88 Å². The van der Waals surface area contributed by atoms with Gasteiger partial charge in [-0.3, -0.25) is 9.59 Å². The summed E-state index contributed by atoms with van der Waals surface area (Å²) in [6, 6.07) is 3.28. The normalized spacial score (nSPS) is 16.2. The van der Waals surface area contributed by atoms with Crippen LogP contribution in [0.3, 0.4) is 0 Å². The van der Waals surface area contributed by atoms with Crippen LogP contribution in [0.1, 0.15) is 34.5 Å². The van der Waals surface area contributed by atoms with Gasteiger partial charge in [0.15, 0.2) is 0 Å². The summed E-state index contributed by atoms with van der Waals surface area (Å²) in [7, 11) is 0. The molecule has 4 nitrogen and oxygen atoms in total. The van der Waals surface area contributed by atoms with Crippen molar-refractivity contribution >= 4 is 44.8 Å². The van der Waals surface area contributed by atoms with Gasteiger partial charge in [0.05, 0.1) is 10.6 Å². The summed E-state index contributed by atoms with van der Waals surface area (Å²) in [6.45, 7) is 0.935. The predicted molar refractivity (Wildman–Crippen MR) is 94.3 cm³/mol. The fraction of sp³-hybridized carbons (Fsp3) is 0.412. The number of rotatable bonds is 3. The lowest BCUT2D eigenvalue weighted by atomic mass is 9.93. The third-order valence-corrected chi connectivity index (χ3v) is 6.19. The molecule has 0 aliphatic carbocycles. The third-order valence-electron chi connectivity index (χ3n) is 4.54. The van der Waals surface area contributed by atoms with E-state index in [4.69, 9.17) is 17.3 Å². The SMILES string of the molecule is NC(=O)CC1CCN(C(=O)c2sc3cc(C(F)(F)F)ccc3c2Cl)CC1. The van der Waals surface area contributed by atoms with Gasteiger partial charge in [-0.05, 0) is 30.9 Å². The number of hydrogen-bond donors (Lipinski definition) is 1. The average molecular weight is 405 g/mol. The molecule has 26 heavy (non-hydrogen) atoms. The Morgan fingerprint density at radius 2 is 1.92 bits per heavy atom. The van der Waals surface area contributed by atoms with Crippen LogP contribution in [0.15, 0.2) is 18.2 Å². The zero-order valence-electron chi connectivity index (χ0n) is 13.6. The van der Waals surface area contributed by atoms with E-state index in [2.05, 4.69) is 0 Å². The molecule has 3 rings (SSSR count). The van der Waals surface area contributed by atoms with Crippen LogP contribution >= 0.6 is 22.9 Å². The Hall–Kier alpha value is -1.80. The summed E-state index contributed by atoms with van der Waals surface area (Å²) >= 11 is 7.23. The number of nitrogens with zero attached hydrogens (tertiary/aromatic N) is 1. The summed E-state index contributed by atoms with van der Waals surface area (Å²) in [5.74, 6) is -0.492. The topological polar surface area (TPSA) is 63.4 Å². The first kappa shape index (κ1) is 19.0. The highest BCUT2D eigenvalue weighted by molar-refractivity contribution is 7.21. The monoisotopic (exact) mass is 404 g/mol. The van der Waals surface area contributed by atoms with Gasteiger partial charge in [0.2, 0.25) is 5.91 Å². The van der Waals surface area contributed by atoms with E-state index in [0.717, 1.165) is 23.5 Å².